The van der Waals surface area contributed by atoms with Gasteiger partial charge in [0.25, 0.3) is 0 Å². The number of benzene rings is 2. The molecule has 0 radical (unpaired) electrons. The van der Waals surface area contributed by atoms with Gasteiger partial charge in [0.1, 0.15) is 12.4 Å². The van der Waals surface area contributed by atoms with Crippen molar-refractivity contribution in [1.29, 1.82) is 0 Å². The second-order valence-electron chi connectivity index (χ2n) is 6.20. The molecule has 0 amide bonds. The second kappa shape index (κ2) is 15.2. The van der Waals surface area contributed by atoms with Gasteiger partial charge in [0.2, 0.25) is 0 Å². The number of nitrogens with zero attached hydrogens (tertiary/aromatic N) is 1. The molecule has 0 aliphatic carbocycles. The monoisotopic (exact) mass is 497 g/mol. The minimum Gasteiger partial charge on any atom is -0.491 e. The van der Waals surface area contributed by atoms with E-state index in [1.807, 2.05) is 18.2 Å². The van der Waals surface area contributed by atoms with E-state index in [0.29, 0.717) is 19.8 Å². The number of aliphatic imine (C=N–C) groups is 1. The lowest BCUT2D eigenvalue weighted by Crippen LogP contribution is -2.37. The van der Waals surface area contributed by atoms with Crippen LogP contribution in [0.25, 0.3) is 0 Å². The van der Waals surface area contributed by atoms with E-state index in [0.717, 1.165) is 43.2 Å². The summed E-state index contributed by atoms with van der Waals surface area (Å²) in [6, 6.07) is 18.6. The fourth-order valence-corrected chi connectivity index (χ4v) is 2.63. The first-order valence-corrected chi connectivity index (χ1v) is 9.58. The van der Waals surface area contributed by atoms with Crippen LogP contribution in [0.4, 0.5) is 0 Å². The first kappa shape index (κ1) is 24.2. The second-order valence-corrected chi connectivity index (χ2v) is 6.20. The van der Waals surface area contributed by atoms with Crippen molar-refractivity contribution in [3.8, 4) is 5.75 Å². The summed E-state index contributed by atoms with van der Waals surface area (Å²) in [5, 5.41) is 6.71. The van der Waals surface area contributed by atoms with Crippen molar-refractivity contribution in [3.05, 3.63) is 65.7 Å². The molecule has 0 heterocycles. The zero-order valence-corrected chi connectivity index (χ0v) is 19.1. The number of rotatable bonds is 11. The van der Waals surface area contributed by atoms with Gasteiger partial charge in [0.05, 0.1) is 13.2 Å². The Balaban J connectivity index is 0.00000392. The summed E-state index contributed by atoms with van der Waals surface area (Å²) in [6.07, 6.45) is 2.13. The van der Waals surface area contributed by atoms with E-state index >= 15 is 0 Å². The summed E-state index contributed by atoms with van der Waals surface area (Å²) in [5.41, 5.74) is 2.48. The number of nitrogens with one attached hydrogen (secondary N) is 2. The van der Waals surface area contributed by atoms with Crippen LogP contribution >= 0.6 is 24.0 Å². The number of methoxy groups -OCH3 is 1. The number of halogens is 1. The third kappa shape index (κ3) is 9.94. The molecular weight excluding hydrogens is 465 g/mol. The van der Waals surface area contributed by atoms with E-state index in [9.17, 15) is 0 Å². The first-order valence-electron chi connectivity index (χ1n) is 9.58. The average molecular weight is 497 g/mol. The van der Waals surface area contributed by atoms with Gasteiger partial charge in [-0.2, -0.15) is 0 Å². The minimum atomic E-state index is 0. The fourth-order valence-electron chi connectivity index (χ4n) is 2.63. The maximum Gasteiger partial charge on any atom is 0.191 e. The highest BCUT2D eigenvalue weighted by Gasteiger charge is 2.00. The summed E-state index contributed by atoms with van der Waals surface area (Å²) in [5.74, 6) is 1.69. The lowest BCUT2D eigenvalue weighted by atomic mass is 10.1. The molecule has 6 heteroatoms. The molecule has 0 fully saturated rings. The van der Waals surface area contributed by atoms with Gasteiger partial charge in [-0.25, -0.2) is 4.99 Å². The highest BCUT2D eigenvalue weighted by molar-refractivity contribution is 14.0. The molecule has 0 aromatic heterocycles. The number of aryl methyl sites for hydroxylation is 1. The van der Waals surface area contributed by atoms with Crippen LogP contribution in [0.3, 0.4) is 0 Å². The Labute approximate surface area is 186 Å². The minimum absolute atomic E-state index is 0. The zero-order chi connectivity index (χ0) is 19.2. The average Bonchev–Trinajstić information content (AvgIpc) is 2.70. The number of hydrogen-bond acceptors (Lipinski definition) is 3. The van der Waals surface area contributed by atoms with E-state index in [1.165, 1.54) is 5.56 Å². The van der Waals surface area contributed by atoms with Gasteiger partial charge in [-0.05, 0) is 43.0 Å². The van der Waals surface area contributed by atoms with Crippen LogP contribution in [0.5, 0.6) is 5.75 Å². The van der Waals surface area contributed by atoms with Crippen LogP contribution < -0.4 is 15.4 Å². The lowest BCUT2D eigenvalue weighted by molar-refractivity contribution is 0.146. The molecule has 28 heavy (non-hydrogen) atoms. The third-order valence-electron chi connectivity index (χ3n) is 4.00. The maximum atomic E-state index is 5.66. The van der Waals surface area contributed by atoms with Crippen LogP contribution in [-0.4, -0.2) is 39.4 Å². The first-order chi connectivity index (χ1) is 13.3. The molecule has 5 nitrogen and oxygen atoms in total. The van der Waals surface area contributed by atoms with Crippen LogP contribution in [0.15, 0.2) is 59.6 Å². The molecule has 154 valence electrons. The molecular formula is C22H32IN3O2. The molecule has 2 aromatic carbocycles. The summed E-state index contributed by atoms with van der Waals surface area (Å²) in [4.78, 5) is 4.68. The van der Waals surface area contributed by atoms with Crippen molar-refractivity contribution in [2.75, 3.05) is 33.4 Å². The molecule has 0 spiro atoms. The summed E-state index contributed by atoms with van der Waals surface area (Å²) < 4.78 is 10.7. The van der Waals surface area contributed by atoms with E-state index < -0.39 is 0 Å². The van der Waals surface area contributed by atoms with Crippen LogP contribution in [0.2, 0.25) is 0 Å². The zero-order valence-electron chi connectivity index (χ0n) is 16.8. The molecule has 2 rings (SSSR count). The van der Waals surface area contributed by atoms with Gasteiger partial charge in [0.15, 0.2) is 5.96 Å². The van der Waals surface area contributed by atoms with E-state index in [-0.39, 0.29) is 24.0 Å². The largest absolute Gasteiger partial charge is 0.491 e. The molecule has 0 unspecified atom stereocenters. The standard InChI is InChI=1S/C22H31N3O2.HI/c1-3-23-22(24-14-8-12-19-9-5-4-6-10-19)25-18-20-11-7-13-21(17-20)27-16-15-26-2;/h4-7,9-11,13,17H,3,8,12,14-16,18H2,1-2H3,(H2,23,24,25);1H. The Hall–Kier alpha value is -1.80. The highest BCUT2D eigenvalue weighted by atomic mass is 127. The normalized spacial score (nSPS) is 10.9. The maximum absolute atomic E-state index is 5.66. The Morgan fingerprint density at radius 2 is 1.75 bits per heavy atom. The quantitative estimate of drug-likeness (QED) is 0.213. The van der Waals surface area contributed by atoms with Crippen molar-refractivity contribution in [2.45, 2.75) is 26.3 Å². The number of hydrogen-bond donors (Lipinski definition) is 2. The third-order valence-corrected chi connectivity index (χ3v) is 4.00. The van der Waals surface area contributed by atoms with Crippen LogP contribution in [-0.2, 0) is 17.7 Å². The van der Waals surface area contributed by atoms with Crippen LogP contribution in [0.1, 0.15) is 24.5 Å². The number of guanidine groups is 1. The van der Waals surface area contributed by atoms with Crippen molar-refractivity contribution in [2.24, 2.45) is 4.99 Å². The van der Waals surface area contributed by atoms with Gasteiger partial charge in [-0.3, -0.25) is 0 Å². The molecule has 0 atom stereocenters. The lowest BCUT2D eigenvalue weighted by Gasteiger charge is -2.12. The molecule has 0 aliphatic heterocycles. The molecule has 2 aromatic rings. The summed E-state index contributed by atoms with van der Waals surface area (Å²) in [6.45, 7) is 5.54. The smallest absolute Gasteiger partial charge is 0.191 e. The van der Waals surface area contributed by atoms with E-state index in [1.54, 1.807) is 7.11 Å². The molecule has 0 saturated carbocycles. The Morgan fingerprint density at radius 1 is 0.964 bits per heavy atom. The van der Waals surface area contributed by atoms with E-state index in [2.05, 4.69) is 58.9 Å². The van der Waals surface area contributed by atoms with E-state index in [4.69, 9.17) is 9.47 Å². The number of ether oxygens (including phenoxy) is 2. The van der Waals surface area contributed by atoms with Crippen LogP contribution in [0, 0.1) is 0 Å². The highest BCUT2D eigenvalue weighted by Crippen LogP contribution is 2.14. The summed E-state index contributed by atoms with van der Waals surface area (Å²) >= 11 is 0. The van der Waals surface area contributed by atoms with Crippen molar-refractivity contribution in [3.63, 3.8) is 0 Å². The van der Waals surface area contributed by atoms with Gasteiger partial charge in [0, 0.05) is 20.2 Å². The topological polar surface area (TPSA) is 54.9 Å². The fraction of sp³-hybridized carbons (Fsp3) is 0.409. The van der Waals surface area contributed by atoms with Crippen molar-refractivity contribution < 1.29 is 9.47 Å². The molecule has 0 bridgehead atoms. The van der Waals surface area contributed by atoms with Gasteiger partial charge in [-0.1, -0.05) is 42.5 Å². The Morgan fingerprint density at radius 3 is 2.50 bits per heavy atom. The molecule has 0 saturated heterocycles. The Kier molecular flexibility index (Phi) is 13.1. The predicted molar refractivity (Wildman–Crippen MR) is 127 cm³/mol. The SMILES string of the molecule is CCNC(=NCc1cccc(OCCOC)c1)NCCCc1ccccc1.I. The Bertz CT molecular complexity index is 680. The molecule has 2 N–H and O–H groups in total. The van der Waals surface area contributed by atoms with Gasteiger partial charge in [-0.15, -0.1) is 24.0 Å². The van der Waals surface area contributed by atoms with Crippen molar-refractivity contribution >= 4 is 29.9 Å². The predicted octanol–water partition coefficient (Wildman–Crippen LogP) is 4.02. The van der Waals surface area contributed by atoms with Gasteiger partial charge < -0.3 is 20.1 Å². The molecule has 0 aliphatic rings. The van der Waals surface area contributed by atoms with Gasteiger partial charge >= 0.3 is 0 Å². The van der Waals surface area contributed by atoms with Crippen molar-refractivity contribution in [1.82, 2.24) is 10.6 Å². The summed E-state index contributed by atoms with van der Waals surface area (Å²) in [7, 11) is 1.67.